The lowest BCUT2D eigenvalue weighted by atomic mass is 9.93. The number of benzene rings is 1. The zero-order valence-corrected chi connectivity index (χ0v) is 9.88. The number of esters is 1. The molecule has 3 N–H and O–H groups in total. The Morgan fingerprint density at radius 1 is 1.41 bits per heavy atom. The largest absolute Gasteiger partial charge is 0.461 e. The molecule has 0 aromatic heterocycles. The molecule has 5 nitrogen and oxygen atoms in total. The van der Waals surface area contributed by atoms with Crippen LogP contribution in [0.3, 0.4) is 0 Å². The van der Waals surface area contributed by atoms with E-state index in [2.05, 4.69) is 5.16 Å². The summed E-state index contributed by atoms with van der Waals surface area (Å²) in [5.41, 5.74) is 5.26. The maximum Gasteiger partial charge on any atom is 0.338 e. The van der Waals surface area contributed by atoms with Crippen molar-refractivity contribution in [3.05, 3.63) is 35.9 Å². The third-order valence-corrected chi connectivity index (χ3v) is 2.37. The van der Waals surface area contributed by atoms with Crippen molar-refractivity contribution in [2.75, 3.05) is 6.61 Å². The highest BCUT2D eigenvalue weighted by Crippen LogP contribution is 2.16. The van der Waals surface area contributed by atoms with Gasteiger partial charge in [0.2, 0.25) is 0 Å². The summed E-state index contributed by atoms with van der Waals surface area (Å²) >= 11 is 0. The number of rotatable bonds is 4. The van der Waals surface area contributed by atoms with Crippen molar-refractivity contribution < 1.29 is 14.7 Å². The molecule has 0 aliphatic carbocycles. The summed E-state index contributed by atoms with van der Waals surface area (Å²) in [7, 11) is 0. The van der Waals surface area contributed by atoms with Crippen LogP contribution in [0.2, 0.25) is 0 Å². The summed E-state index contributed by atoms with van der Waals surface area (Å²) in [4.78, 5) is 11.6. The van der Waals surface area contributed by atoms with Crippen LogP contribution in [0.5, 0.6) is 0 Å². The first kappa shape index (κ1) is 13.0. The van der Waals surface area contributed by atoms with Crippen LogP contribution in [0.15, 0.2) is 35.5 Å². The zero-order chi connectivity index (χ0) is 12.9. The summed E-state index contributed by atoms with van der Waals surface area (Å²) in [5, 5.41) is 11.5. The molecule has 0 atom stereocenters. The van der Waals surface area contributed by atoms with Crippen LogP contribution in [0.1, 0.15) is 24.2 Å². The first-order valence-electron chi connectivity index (χ1n) is 5.17. The van der Waals surface area contributed by atoms with E-state index in [0.717, 1.165) is 0 Å². The van der Waals surface area contributed by atoms with E-state index in [-0.39, 0.29) is 12.4 Å². The van der Waals surface area contributed by atoms with Gasteiger partial charge in [-0.1, -0.05) is 23.4 Å². The molecular formula is C12H16N2O3. The van der Waals surface area contributed by atoms with Gasteiger partial charge in [-0.2, -0.15) is 0 Å². The van der Waals surface area contributed by atoms with Gasteiger partial charge in [-0.05, 0) is 26.0 Å². The van der Waals surface area contributed by atoms with Gasteiger partial charge in [0.1, 0.15) is 12.4 Å². The van der Waals surface area contributed by atoms with Gasteiger partial charge < -0.3 is 15.7 Å². The van der Waals surface area contributed by atoms with Crippen molar-refractivity contribution in [2.24, 2.45) is 16.3 Å². The molecule has 17 heavy (non-hydrogen) atoms. The average Bonchev–Trinajstić information content (AvgIpc) is 2.36. The van der Waals surface area contributed by atoms with Gasteiger partial charge in [0, 0.05) is 0 Å². The fourth-order valence-corrected chi connectivity index (χ4v) is 1.11. The van der Waals surface area contributed by atoms with Crippen LogP contribution in [-0.2, 0) is 4.74 Å². The second-order valence-electron chi connectivity index (χ2n) is 4.31. The minimum atomic E-state index is -0.695. The molecule has 0 unspecified atom stereocenters. The molecule has 1 aromatic rings. The average molecular weight is 236 g/mol. The smallest absolute Gasteiger partial charge is 0.338 e. The number of ether oxygens (including phenoxy) is 1. The lowest BCUT2D eigenvalue weighted by molar-refractivity contribution is 0.0414. The molecule has 1 aromatic carbocycles. The van der Waals surface area contributed by atoms with Crippen LogP contribution in [0, 0.1) is 5.41 Å². The molecule has 0 fully saturated rings. The molecule has 0 aliphatic rings. The Kier molecular flexibility index (Phi) is 4.09. The number of nitrogens with zero attached hydrogens (tertiary/aromatic N) is 1. The van der Waals surface area contributed by atoms with E-state index in [9.17, 15) is 4.79 Å². The predicted molar refractivity (Wildman–Crippen MR) is 63.9 cm³/mol. The van der Waals surface area contributed by atoms with Crippen LogP contribution in [0.4, 0.5) is 0 Å². The van der Waals surface area contributed by atoms with Gasteiger partial charge in [0.25, 0.3) is 0 Å². The van der Waals surface area contributed by atoms with Crippen LogP contribution in [0.25, 0.3) is 0 Å². The highest BCUT2D eigenvalue weighted by molar-refractivity contribution is 5.90. The van der Waals surface area contributed by atoms with E-state index in [0.29, 0.717) is 5.56 Å². The van der Waals surface area contributed by atoms with Crippen molar-refractivity contribution in [1.82, 2.24) is 0 Å². The summed E-state index contributed by atoms with van der Waals surface area (Å²) in [6, 6.07) is 8.66. The third-order valence-electron chi connectivity index (χ3n) is 2.37. The number of carbonyl (C=O) groups is 1. The Labute approximate surface area is 99.9 Å². The zero-order valence-electron chi connectivity index (χ0n) is 9.88. The second kappa shape index (κ2) is 5.34. The Morgan fingerprint density at radius 2 is 2.00 bits per heavy atom. The Balaban J connectivity index is 2.61. The Morgan fingerprint density at radius 3 is 2.53 bits per heavy atom. The van der Waals surface area contributed by atoms with E-state index in [1.165, 1.54) is 0 Å². The first-order chi connectivity index (χ1) is 7.97. The van der Waals surface area contributed by atoms with E-state index in [1.807, 2.05) is 6.07 Å². The first-order valence-corrected chi connectivity index (χ1v) is 5.17. The third kappa shape index (κ3) is 3.48. The van der Waals surface area contributed by atoms with Crippen molar-refractivity contribution in [2.45, 2.75) is 13.8 Å². The summed E-state index contributed by atoms with van der Waals surface area (Å²) < 4.78 is 5.10. The monoisotopic (exact) mass is 236 g/mol. The fourth-order valence-electron chi connectivity index (χ4n) is 1.11. The standard InChI is InChI=1S/C12H16N2O3/c1-12(2,11(13)14-16)8-17-10(15)9-6-4-3-5-7-9/h3-7,16H,8H2,1-2H3,(H2,13,14). The summed E-state index contributed by atoms with van der Waals surface area (Å²) in [5.74, 6) is -0.400. The van der Waals surface area contributed by atoms with Crippen LogP contribution >= 0.6 is 0 Å². The van der Waals surface area contributed by atoms with Crippen LogP contribution in [-0.4, -0.2) is 23.6 Å². The quantitative estimate of drug-likeness (QED) is 0.273. The van der Waals surface area contributed by atoms with Gasteiger partial charge in [0.05, 0.1) is 11.0 Å². The molecule has 5 heteroatoms. The number of amidine groups is 1. The molecule has 0 saturated carbocycles. The SMILES string of the molecule is CC(C)(COC(=O)c1ccccc1)/C(N)=N\O. The molecule has 0 spiro atoms. The molecular weight excluding hydrogens is 220 g/mol. The van der Waals surface area contributed by atoms with E-state index in [1.54, 1.807) is 38.1 Å². The summed E-state index contributed by atoms with van der Waals surface area (Å²) in [6.07, 6.45) is 0. The lowest BCUT2D eigenvalue weighted by Gasteiger charge is -2.22. The number of hydrogen-bond acceptors (Lipinski definition) is 4. The Hall–Kier alpha value is -2.04. The van der Waals surface area contributed by atoms with Crippen molar-refractivity contribution in [1.29, 1.82) is 0 Å². The maximum absolute atomic E-state index is 11.6. The highest BCUT2D eigenvalue weighted by atomic mass is 16.5. The van der Waals surface area contributed by atoms with E-state index >= 15 is 0 Å². The van der Waals surface area contributed by atoms with E-state index in [4.69, 9.17) is 15.7 Å². The number of carbonyl (C=O) groups excluding carboxylic acids is 1. The van der Waals surface area contributed by atoms with Gasteiger partial charge in [0.15, 0.2) is 0 Å². The highest BCUT2D eigenvalue weighted by Gasteiger charge is 2.26. The van der Waals surface area contributed by atoms with Gasteiger partial charge in [-0.3, -0.25) is 0 Å². The van der Waals surface area contributed by atoms with Crippen molar-refractivity contribution >= 4 is 11.8 Å². The molecule has 0 saturated heterocycles. The van der Waals surface area contributed by atoms with Crippen molar-refractivity contribution in [3.8, 4) is 0 Å². The molecule has 1 rings (SSSR count). The van der Waals surface area contributed by atoms with Gasteiger partial charge in [-0.25, -0.2) is 4.79 Å². The second-order valence-corrected chi connectivity index (χ2v) is 4.31. The predicted octanol–water partition coefficient (Wildman–Crippen LogP) is 1.62. The number of oxime groups is 1. The molecule has 92 valence electrons. The molecule has 0 heterocycles. The van der Waals surface area contributed by atoms with Gasteiger partial charge >= 0.3 is 5.97 Å². The fraction of sp³-hybridized carbons (Fsp3) is 0.333. The van der Waals surface area contributed by atoms with E-state index < -0.39 is 11.4 Å². The summed E-state index contributed by atoms with van der Waals surface area (Å²) in [6.45, 7) is 3.50. The minimum Gasteiger partial charge on any atom is -0.461 e. The normalized spacial score (nSPS) is 12.2. The molecule has 0 bridgehead atoms. The van der Waals surface area contributed by atoms with Crippen molar-refractivity contribution in [3.63, 3.8) is 0 Å². The molecule has 0 aliphatic heterocycles. The maximum atomic E-state index is 11.6. The van der Waals surface area contributed by atoms with Gasteiger partial charge in [-0.15, -0.1) is 0 Å². The van der Waals surface area contributed by atoms with Crippen LogP contribution < -0.4 is 5.73 Å². The molecule has 0 radical (unpaired) electrons. The lowest BCUT2D eigenvalue weighted by Crippen LogP contribution is -2.36. The molecule has 0 amide bonds. The topological polar surface area (TPSA) is 84.9 Å². The number of nitrogens with two attached hydrogens (primary N) is 1. The Bertz CT molecular complexity index is 413. The minimum absolute atomic E-state index is 0.0263. The number of hydrogen-bond donors (Lipinski definition) is 2.